The average molecular weight is 267 g/mol. The highest BCUT2D eigenvalue weighted by Gasteiger charge is 2.44. The lowest BCUT2D eigenvalue weighted by Crippen LogP contribution is -2.45. The molecule has 2 aliphatic heterocycles. The van der Waals surface area contributed by atoms with Crippen LogP contribution in [-0.2, 0) is 4.74 Å². The van der Waals surface area contributed by atoms with E-state index < -0.39 is 18.2 Å². The van der Waals surface area contributed by atoms with E-state index in [0.717, 1.165) is 26.0 Å². The lowest BCUT2D eigenvalue weighted by Gasteiger charge is -2.35. The Hall–Kier alpha value is -0.330. The van der Waals surface area contributed by atoms with Crippen LogP contribution in [0.5, 0.6) is 0 Å². The Morgan fingerprint density at radius 1 is 1.22 bits per heavy atom. The molecule has 0 amide bonds. The fourth-order valence-electron chi connectivity index (χ4n) is 2.79. The second-order valence-corrected chi connectivity index (χ2v) is 5.26. The number of nitrogens with zero attached hydrogens (tertiary/aromatic N) is 1. The number of aliphatic hydroxyl groups excluding tert-OH is 1. The third kappa shape index (κ3) is 3.59. The summed E-state index contributed by atoms with van der Waals surface area (Å²) in [5, 5.41) is 9.21. The average Bonchev–Trinajstić information content (AvgIpc) is 2.81. The van der Waals surface area contributed by atoms with E-state index in [1.54, 1.807) is 0 Å². The maximum absolute atomic E-state index is 12.4. The van der Waals surface area contributed by atoms with Crippen LogP contribution in [0.2, 0.25) is 0 Å². The molecule has 6 heteroatoms. The molecule has 0 saturated carbocycles. The van der Waals surface area contributed by atoms with Crippen LogP contribution in [0.1, 0.15) is 25.7 Å². The summed E-state index contributed by atoms with van der Waals surface area (Å²) in [6.45, 7) is 2.86. The summed E-state index contributed by atoms with van der Waals surface area (Å²) in [6.07, 6.45) is -3.46. The number of likely N-dealkylation sites (tertiary alicyclic amines) is 1. The van der Waals surface area contributed by atoms with Crippen molar-refractivity contribution in [3.05, 3.63) is 0 Å². The molecule has 2 saturated heterocycles. The molecule has 2 unspecified atom stereocenters. The molecular weight excluding hydrogens is 247 g/mol. The van der Waals surface area contributed by atoms with Gasteiger partial charge in [0.15, 0.2) is 6.10 Å². The summed E-state index contributed by atoms with van der Waals surface area (Å²) >= 11 is 0. The third-order valence-corrected chi connectivity index (χ3v) is 3.90. The Morgan fingerprint density at radius 2 is 1.89 bits per heavy atom. The van der Waals surface area contributed by atoms with Crippen molar-refractivity contribution in [2.24, 2.45) is 5.92 Å². The first kappa shape index (κ1) is 14.1. The highest BCUT2D eigenvalue weighted by molar-refractivity contribution is 4.82. The molecule has 1 N–H and O–H groups in total. The maximum atomic E-state index is 12.4. The maximum Gasteiger partial charge on any atom is 0.414 e. The summed E-state index contributed by atoms with van der Waals surface area (Å²) in [7, 11) is 0. The molecule has 2 heterocycles. The monoisotopic (exact) mass is 267 g/mol. The van der Waals surface area contributed by atoms with Crippen LogP contribution in [0.4, 0.5) is 13.2 Å². The molecule has 18 heavy (non-hydrogen) atoms. The molecule has 0 aromatic heterocycles. The van der Waals surface area contributed by atoms with Crippen molar-refractivity contribution in [2.75, 3.05) is 26.2 Å². The lowest BCUT2D eigenvalue weighted by atomic mass is 9.90. The first-order valence-corrected chi connectivity index (χ1v) is 6.55. The van der Waals surface area contributed by atoms with E-state index >= 15 is 0 Å². The third-order valence-electron chi connectivity index (χ3n) is 3.90. The molecule has 0 aliphatic carbocycles. The van der Waals surface area contributed by atoms with Crippen molar-refractivity contribution in [1.29, 1.82) is 0 Å². The zero-order valence-electron chi connectivity index (χ0n) is 10.3. The van der Waals surface area contributed by atoms with Gasteiger partial charge in [0.25, 0.3) is 0 Å². The number of rotatable bonds is 3. The van der Waals surface area contributed by atoms with Gasteiger partial charge in [-0.15, -0.1) is 0 Å². The minimum Gasteiger partial charge on any atom is -0.383 e. The van der Waals surface area contributed by atoms with E-state index in [-0.39, 0.29) is 6.10 Å². The van der Waals surface area contributed by atoms with Crippen molar-refractivity contribution < 1.29 is 23.0 Å². The van der Waals surface area contributed by atoms with Crippen LogP contribution in [-0.4, -0.2) is 54.6 Å². The number of aliphatic hydroxyl groups is 1. The van der Waals surface area contributed by atoms with Gasteiger partial charge in [-0.3, -0.25) is 0 Å². The zero-order valence-corrected chi connectivity index (χ0v) is 10.3. The Labute approximate surface area is 105 Å². The highest BCUT2D eigenvalue weighted by Crippen LogP contribution is 2.31. The summed E-state index contributed by atoms with van der Waals surface area (Å²) < 4.78 is 42.6. The largest absolute Gasteiger partial charge is 0.414 e. The SMILES string of the molecule is OC(C1CCN(CC2CCCO2)CC1)C(F)(F)F. The van der Waals surface area contributed by atoms with Crippen molar-refractivity contribution in [3.8, 4) is 0 Å². The predicted octanol–water partition coefficient (Wildman–Crippen LogP) is 1.80. The Kier molecular flexibility index (Phi) is 4.50. The molecule has 0 aromatic carbocycles. The predicted molar refractivity (Wildman–Crippen MR) is 60.2 cm³/mol. The number of hydrogen-bond donors (Lipinski definition) is 1. The molecule has 2 aliphatic rings. The summed E-state index contributed by atoms with van der Waals surface area (Å²) in [6, 6.07) is 0. The number of ether oxygens (including phenoxy) is 1. The number of hydrogen-bond acceptors (Lipinski definition) is 3. The molecule has 106 valence electrons. The van der Waals surface area contributed by atoms with Gasteiger partial charge >= 0.3 is 6.18 Å². The van der Waals surface area contributed by atoms with E-state index in [1.165, 1.54) is 0 Å². The van der Waals surface area contributed by atoms with Crippen molar-refractivity contribution in [3.63, 3.8) is 0 Å². The van der Waals surface area contributed by atoms with E-state index in [0.29, 0.717) is 25.9 Å². The summed E-state index contributed by atoms with van der Waals surface area (Å²) in [5.41, 5.74) is 0. The second kappa shape index (κ2) is 5.75. The fourth-order valence-corrected chi connectivity index (χ4v) is 2.79. The molecule has 0 spiro atoms. The quantitative estimate of drug-likeness (QED) is 0.846. The molecule has 2 atom stereocenters. The van der Waals surface area contributed by atoms with Gasteiger partial charge in [0.1, 0.15) is 0 Å². The van der Waals surface area contributed by atoms with Crippen LogP contribution in [0.15, 0.2) is 0 Å². The number of piperidine rings is 1. The standard InChI is InChI=1S/C12H20F3NO2/c13-12(14,15)11(17)9-3-5-16(6-4-9)8-10-2-1-7-18-10/h9-11,17H,1-8H2. The number of halogens is 3. The Balaban J connectivity index is 1.74. The Morgan fingerprint density at radius 3 is 2.39 bits per heavy atom. The van der Waals surface area contributed by atoms with Gasteiger partial charge in [-0.2, -0.15) is 13.2 Å². The molecule has 0 radical (unpaired) electrons. The van der Waals surface area contributed by atoms with Gasteiger partial charge < -0.3 is 14.7 Å². The molecule has 0 bridgehead atoms. The minimum absolute atomic E-state index is 0.245. The van der Waals surface area contributed by atoms with Gasteiger partial charge in [-0.1, -0.05) is 0 Å². The van der Waals surface area contributed by atoms with E-state index in [2.05, 4.69) is 4.90 Å². The lowest BCUT2D eigenvalue weighted by molar-refractivity contribution is -0.223. The first-order chi connectivity index (χ1) is 8.47. The summed E-state index contributed by atoms with van der Waals surface area (Å²) in [4.78, 5) is 2.15. The van der Waals surface area contributed by atoms with Crippen LogP contribution >= 0.6 is 0 Å². The van der Waals surface area contributed by atoms with Crippen molar-refractivity contribution in [2.45, 2.75) is 44.1 Å². The smallest absolute Gasteiger partial charge is 0.383 e. The Bertz CT molecular complexity index is 259. The van der Waals surface area contributed by atoms with Crippen LogP contribution < -0.4 is 0 Å². The molecule has 2 fully saturated rings. The van der Waals surface area contributed by atoms with Crippen LogP contribution in [0.25, 0.3) is 0 Å². The van der Waals surface area contributed by atoms with E-state index in [4.69, 9.17) is 4.74 Å². The van der Waals surface area contributed by atoms with Gasteiger partial charge in [-0.05, 0) is 44.7 Å². The molecule has 0 aromatic rings. The fraction of sp³-hybridized carbons (Fsp3) is 1.00. The van der Waals surface area contributed by atoms with Gasteiger partial charge in [0.2, 0.25) is 0 Å². The molecule has 3 nitrogen and oxygen atoms in total. The normalized spacial score (nSPS) is 29.7. The van der Waals surface area contributed by atoms with Crippen molar-refractivity contribution >= 4 is 0 Å². The van der Waals surface area contributed by atoms with Gasteiger partial charge in [-0.25, -0.2) is 0 Å². The second-order valence-electron chi connectivity index (χ2n) is 5.26. The topological polar surface area (TPSA) is 32.7 Å². The van der Waals surface area contributed by atoms with Gasteiger partial charge in [0, 0.05) is 13.2 Å². The number of alkyl halides is 3. The van der Waals surface area contributed by atoms with Crippen molar-refractivity contribution in [1.82, 2.24) is 4.90 Å². The molecular formula is C12H20F3NO2. The molecule has 2 rings (SSSR count). The van der Waals surface area contributed by atoms with Crippen LogP contribution in [0.3, 0.4) is 0 Å². The van der Waals surface area contributed by atoms with E-state index in [1.807, 2.05) is 0 Å². The zero-order chi connectivity index (χ0) is 13.2. The van der Waals surface area contributed by atoms with E-state index in [9.17, 15) is 18.3 Å². The van der Waals surface area contributed by atoms with Gasteiger partial charge in [0.05, 0.1) is 6.10 Å². The van der Waals surface area contributed by atoms with Crippen LogP contribution in [0, 0.1) is 5.92 Å². The minimum atomic E-state index is -4.48. The highest BCUT2D eigenvalue weighted by atomic mass is 19.4. The summed E-state index contributed by atoms with van der Waals surface area (Å²) in [5.74, 6) is -0.647. The first-order valence-electron chi connectivity index (χ1n) is 6.55.